The number of hydrogen-bond acceptors (Lipinski definition) is 3. The van der Waals surface area contributed by atoms with Crippen LogP contribution < -0.4 is 0 Å². The van der Waals surface area contributed by atoms with Crippen molar-refractivity contribution in [3.63, 3.8) is 0 Å². The number of rotatable bonds is 2. The summed E-state index contributed by atoms with van der Waals surface area (Å²) in [5.74, 6) is 0. The molecule has 0 radical (unpaired) electrons. The van der Waals surface area contributed by atoms with Gasteiger partial charge in [0.25, 0.3) is 0 Å². The predicted molar refractivity (Wildman–Crippen MR) is 63.9 cm³/mol. The zero-order valence-electron chi connectivity index (χ0n) is 8.85. The Morgan fingerprint density at radius 1 is 1.33 bits per heavy atom. The number of nitrogens with zero attached hydrogens (tertiary/aromatic N) is 2. The molecule has 2 fully saturated rings. The molecule has 3 heterocycles. The second-order valence-electron chi connectivity index (χ2n) is 4.55. The Bertz CT molecular complexity index is 346. The summed E-state index contributed by atoms with van der Waals surface area (Å²) in [4.78, 5) is 3.94. The largest absolute Gasteiger partial charge is 0.294 e. The van der Waals surface area contributed by atoms with Crippen LogP contribution >= 0.6 is 11.5 Å². The smallest absolute Gasteiger partial charge is 0.0474 e. The van der Waals surface area contributed by atoms with Crippen LogP contribution in [-0.2, 0) is 0 Å². The van der Waals surface area contributed by atoms with E-state index in [2.05, 4.69) is 27.5 Å². The summed E-state index contributed by atoms with van der Waals surface area (Å²) in [7, 11) is 0. The number of fused-ring (bicyclic) bond motifs is 1. The van der Waals surface area contributed by atoms with Gasteiger partial charge in [-0.25, -0.2) is 4.37 Å². The van der Waals surface area contributed by atoms with Gasteiger partial charge in [0, 0.05) is 16.6 Å². The molecule has 0 aromatic carbocycles. The third-order valence-corrected chi connectivity index (χ3v) is 4.43. The first-order chi connectivity index (χ1) is 7.39. The van der Waals surface area contributed by atoms with Crippen molar-refractivity contribution < 1.29 is 0 Å². The molecule has 0 atom stereocenters. The van der Waals surface area contributed by atoms with Crippen molar-refractivity contribution in [1.29, 1.82) is 0 Å². The topological polar surface area (TPSA) is 16.1 Å². The average Bonchev–Trinajstić information content (AvgIpc) is 2.91. The molecule has 2 aliphatic heterocycles. The SMILES string of the molecule is C(=CC12CCCN1CCC2)c1ccns1. The van der Waals surface area contributed by atoms with E-state index in [1.165, 1.54) is 43.6 Å². The molecule has 0 spiro atoms. The van der Waals surface area contributed by atoms with Gasteiger partial charge in [-0.3, -0.25) is 4.90 Å². The van der Waals surface area contributed by atoms with Crippen molar-refractivity contribution in [2.45, 2.75) is 31.2 Å². The van der Waals surface area contributed by atoms with E-state index in [1.54, 1.807) is 11.5 Å². The lowest BCUT2D eigenvalue weighted by atomic mass is 9.93. The Kier molecular flexibility index (Phi) is 2.37. The quantitative estimate of drug-likeness (QED) is 0.762. The van der Waals surface area contributed by atoms with Gasteiger partial charge in [0.2, 0.25) is 0 Å². The summed E-state index contributed by atoms with van der Waals surface area (Å²) < 4.78 is 4.13. The van der Waals surface area contributed by atoms with Crippen LogP contribution in [0, 0.1) is 0 Å². The fourth-order valence-electron chi connectivity index (χ4n) is 2.97. The summed E-state index contributed by atoms with van der Waals surface area (Å²) >= 11 is 1.58. The van der Waals surface area contributed by atoms with Gasteiger partial charge >= 0.3 is 0 Å². The maximum atomic E-state index is 4.13. The summed E-state index contributed by atoms with van der Waals surface area (Å²) in [6.07, 6.45) is 12.0. The fourth-order valence-corrected chi connectivity index (χ4v) is 3.47. The summed E-state index contributed by atoms with van der Waals surface area (Å²) in [5, 5.41) is 0. The molecular weight excluding hydrogens is 204 g/mol. The second-order valence-corrected chi connectivity index (χ2v) is 5.41. The Labute approximate surface area is 94.8 Å². The van der Waals surface area contributed by atoms with Crippen molar-refractivity contribution in [2.24, 2.45) is 0 Å². The van der Waals surface area contributed by atoms with E-state index >= 15 is 0 Å². The van der Waals surface area contributed by atoms with Crippen LogP contribution in [0.1, 0.15) is 30.6 Å². The Hall–Kier alpha value is -0.670. The highest BCUT2D eigenvalue weighted by Gasteiger charge is 2.41. The third kappa shape index (κ3) is 1.64. The van der Waals surface area contributed by atoms with E-state index in [0.717, 1.165) is 0 Å². The lowest BCUT2D eigenvalue weighted by Crippen LogP contribution is -2.35. The molecule has 0 N–H and O–H groups in total. The zero-order valence-corrected chi connectivity index (χ0v) is 9.67. The van der Waals surface area contributed by atoms with Gasteiger partial charge in [-0.15, -0.1) is 0 Å². The van der Waals surface area contributed by atoms with Crippen LogP contribution in [0.25, 0.3) is 6.08 Å². The van der Waals surface area contributed by atoms with Crippen molar-refractivity contribution >= 4 is 17.6 Å². The summed E-state index contributed by atoms with van der Waals surface area (Å²) in [5.41, 5.74) is 0.407. The van der Waals surface area contributed by atoms with E-state index < -0.39 is 0 Å². The van der Waals surface area contributed by atoms with Gasteiger partial charge in [0.05, 0.1) is 0 Å². The van der Waals surface area contributed by atoms with Gasteiger partial charge < -0.3 is 0 Å². The van der Waals surface area contributed by atoms with Crippen LogP contribution in [-0.4, -0.2) is 27.9 Å². The molecule has 0 saturated carbocycles. The third-order valence-electron chi connectivity index (χ3n) is 3.72. The van der Waals surface area contributed by atoms with E-state index in [1.807, 2.05) is 6.20 Å². The number of aromatic nitrogens is 1. The molecule has 2 nitrogen and oxygen atoms in total. The maximum absolute atomic E-state index is 4.13. The lowest BCUT2D eigenvalue weighted by Gasteiger charge is -2.28. The predicted octanol–water partition coefficient (Wildman–Crippen LogP) is 2.78. The highest BCUT2D eigenvalue weighted by Crippen LogP contribution is 2.40. The molecular formula is C12H16N2S. The van der Waals surface area contributed by atoms with Crippen molar-refractivity contribution in [3.8, 4) is 0 Å². The van der Waals surface area contributed by atoms with Crippen LogP contribution in [0.15, 0.2) is 18.3 Å². The molecule has 1 aromatic heterocycles. The minimum absolute atomic E-state index is 0.407. The molecule has 2 saturated heterocycles. The van der Waals surface area contributed by atoms with Crippen LogP contribution in [0.4, 0.5) is 0 Å². The highest BCUT2D eigenvalue weighted by atomic mass is 32.1. The van der Waals surface area contributed by atoms with Crippen LogP contribution in [0.3, 0.4) is 0 Å². The van der Waals surface area contributed by atoms with E-state index in [-0.39, 0.29) is 0 Å². The highest BCUT2D eigenvalue weighted by molar-refractivity contribution is 7.06. The molecule has 0 unspecified atom stereocenters. The first kappa shape index (κ1) is 9.55. The molecule has 80 valence electrons. The maximum Gasteiger partial charge on any atom is 0.0474 e. The molecule has 2 aliphatic rings. The van der Waals surface area contributed by atoms with Crippen molar-refractivity contribution in [1.82, 2.24) is 9.27 Å². The van der Waals surface area contributed by atoms with Gasteiger partial charge in [-0.1, -0.05) is 6.08 Å². The molecule has 0 bridgehead atoms. The fraction of sp³-hybridized carbons (Fsp3) is 0.583. The molecule has 0 amide bonds. The van der Waals surface area contributed by atoms with E-state index in [4.69, 9.17) is 0 Å². The second kappa shape index (κ2) is 3.72. The van der Waals surface area contributed by atoms with Gasteiger partial charge in [-0.05, 0) is 62.4 Å². The Morgan fingerprint density at radius 2 is 2.13 bits per heavy atom. The van der Waals surface area contributed by atoms with Crippen molar-refractivity contribution in [3.05, 3.63) is 23.2 Å². The summed E-state index contributed by atoms with van der Waals surface area (Å²) in [6, 6.07) is 2.09. The van der Waals surface area contributed by atoms with Gasteiger partial charge in [0.1, 0.15) is 0 Å². The van der Waals surface area contributed by atoms with Crippen LogP contribution in [0.5, 0.6) is 0 Å². The first-order valence-corrected chi connectivity index (χ1v) is 6.51. The minimum Gasteiger partial charge on any atom is -0.294 e. The monoisotopic (exact) mass is 220 g/mol. The molecule has 3 heteroatoms. The van der Waals surface area contributed by atoms with Gasteiger partial charge in [0.15, 0.2) is 0 Å². The molecule has 15 heavy (non-hydrogen) atoms. The van der Waals surface area contributed by atoms with Gasteiger partial charge in [-0.2, -0.15) is 0 Å². The average molecular weight is 220 g/mol. The zero-order chi connectivity index (χ0) is 10.1. The lowest BCUT2D eigenvalue weighted by molar-refractivity contribution is 0.251. The Balaban J connectivity index is 1.81. The molecule has 1 aromatic rings. The van der Waals surface area contributed by atoms with Crippen LogP contribution in [0.2, 0.25) is 0 Å². The number of hydrogen-bond donors (Lipinski definition) is 0. The Morgan fingerprint density at radius 3 is 2.80 bits per heavy atom. The minimum atomic E-state index is 0.407. The summed E-state index contributed by atoms with van der Waals surface area (Å²) in [6.45, 7) is 2.60. The normalized spacial score (nSPS) is 25.1. The van der Waals surface area contributed by atoms with E-state index in [9.17, 15) is 0 Å². The first-order valence-electron chi connectivity index (χ1n) is 5.74. The van der Waals surface area contributed by atoms with E-state index in [0.29, 0.717) is 5.54 Å². The molecule has 3 rings (SSSR count). The standard InChI is InChI=1S/C12H16N2S/c1-5-12(6-2-10-14(12)9-1)7-3-11-4-8-13-15-11/h3-4,7-8H,1-2,5-6,9-10H2. The molecule has 0 aliphatic carbocycles. The van der Waals surface area contributed by atoms with Crippen molar-refractivity contribution in [2.75, 3.05) is 13.1 Å².